The molecule has 3 unspecified atom stereocenters. The first-order chi connectivity index (χ1) is 8.67. The van der Waals surface area contributed by atoms with Gasteiger partial charge in [0.25, 0.3) is 0 Å². The van der Waals surface area contributed by atoms with Crippen LogP contribution in [0.4, 0.5) is 5.69 Å². The number of anilines is 1. The standard InChI is InChI=1S/C14H17BrClNO/c1-18-14-11(15)6-10(16)7-13(14)17-12-5-8-2-3-9(12)4-8/h6-9,12,17H,2-5H2,1H3. The molecule has 0 saturated heterocycles. The lowest BCUT2D eigenvalue weighted by molar-refractivity contribution is 0.408. The Morgan fingerprint density at radius 2 is 2.17 bits per heavy atom. The van der Waals surface area contributed by atoms with E-state index in [1.807, 2.05) is 12.1 Å². The Morgan fingerprint density at radius 1 is 1.33 bits per heavy atom. The maximum absolute atomic E-state index is 6.12. The fourth-order valence-electron chi connectivity index (χ4n) is 3.50. The maximum Gasteiger partial charge on any atom is 0.156 e. The highest BCUT2D eigenvalue weighted by Gasteiger charge is 2.39. The summed E-state index contributed by atoms with van der Waals surface area (Å²) >= 11 is 9.62. The number of halogens is 2. The Hall–Kier alpha value is -0.410. The molecule has 0 amide bonds. The molecule has 1 N–H and O–H groups in total. The third-order valence-corrected chi connectivity index (χ3v) is 5.10. The molecule has 2 fully saturated rings. The molecule has 2 aliphatic carbocycles. The SMILES string of the molecule is COc1c(Br)cc(Cl)cc1NC1CC2CCC1C2. The Morgan fingerprint density at radius 3 is 2.78 bits per heavy atom. The zero-order chi connectivity index (χ0) is 12.7. The first-order valence-electron chi connectivity index (χ1n) is 6.47. The molecule has 0 aliphatic heterocycles. The van der Waals surface area contributed by atoms with Gasteiger partial charge in [-0.3, -0.25) is 0 Å². The quantitative estimate of drug-likeness (QED) is 0.866. The van der Waals surface area contributed by atoms with E-state index >= 15 is 0 Å². The van der Waals surface area contributed by atoms with Crippen molar-refractivity contribution in [1.82, 2.24) is 0 Å². The third-order valence-electron chi connectivity index (χ3n) is 4.29. The van der Waals surface area contributed by atoms with E-state index in [0.717, 1.165) is 32.8 Å². The normalized spacial score (nSPS) is 29.6. The molecule has 98 valence electrons. The minimum Gasteiger partial charge on any atom is -0.493 e. The van der Waals surface area contributed by atoms with Gasteiger partial charge in [0, 0.05) is 11.1 Å². The second-order valence-electron chi connectivity index (χ2n) is 5.39. The highest BCUT2D eigenvalue weighted by Crippen LogP contribution is 2.47. The van der Waals surface area contributed by atoms with Gasteiger partial charge in [-0.25, -0.2) is 0 Å². The summed E-state index contributed by atoms with van der Waals surface area (Å²) in [5.41, 5.74) is 1.01. The Labute approximate surface area is 121 Å². The van der Waals surface area contributed by atoms with Crippen LogP contribution in [0.1, 0.15) is 25.7 Å². The van der Waals surface area contributed by atoms with Crippen molar-refractivity contribution in [3.63, 3.8) is 0 Å². The van der Waals surface area contributed by atoms with E-state index in [1.54, 1.807) is 7.11 Å². The lowest BCUT2D eigenvalue weighted by Gasteiger charge is -2.25. The molecular formula is C14H17BrClNO. The van der Waals surface area contributed by atoms with Crippen molar-refractivity contribution in [2.75, 3.05) is 12.4 Å². The molecule has 0 radical (unpaired) electrons. The van der Waals surface area contributed by atoms with Crippen LogP contribution in [0.5, 0.6) is 5.75 Å². The van der Waals surface area contributed by atoms with E-state index in [1.165, 1.54) is 25.7 Å². The molecule has 1 aromatic rings. The van der Waals surface area contributed by atoms with Crippen molar-refractivity contribution < 1.29 is 4.74 Å². The number of methoxy groups -OCH3 is 1. The molecule has 3 atom stereocenters. The summed E-state index contributed by atoms with van der Waals surface area (Å²) in [6.45, 7) is 0. The first kappa shape index (κ1) is 12.6. The van der Waals surface area contributed by atoms with Gasteiger partial charge in [-0.1, -0.05) is 18.0 Å². The van der Waals surface area contributed by atoms with Gasteiger partial charge >= 0.3 is 0 Å². The molecule has 2 saturated carbocycles. The van der Waals surface area contributed by atoms with Crippen LogP contribution in [0.15, 0.2) is 16.6 Å². The van der Waals surface area contributed by atoms with E-state index in [-0.39, 0.29) is 0 Å². The van der Waals surface area contributed by atoms with Gasteiger partial charge in [-0.05, 0) is 59.2 Å². The molecule has 4 heteroatoms. The highest BCUT2D eigenvalue weighted by atomic mass is 79.9. The zero-order valence-corrected chi connectivity index (χ0v) is 12.7. The van der Waals surface area contributed by atoms with Crippen LogP contribution in [-0.4, -0.2) is 13.2 Å². The average molecular weight is 331 g/mol. The molecule has 1 aromatic carbocycles. The summed E-state index contributed by atoms with van der Waals surface area (Å²) in [4.78, 5) is 0. The summed E-state index contributed by atoms with van der Waals surface area (Å²) in [6.07, 6.45) is 5.46. The van der Waals surface area contributed by atoms with Gasteiger partial charge in [0.2, 0.25) is 0 Å². The Kier molecular flexibility index (Phi) is 3.46. The number of ether oxygens (including phenoxy) is 1. The minimum absolute atomic E-state index is 0.586. The number of nitrogens with one attached hydrogen (secondary N) is 1. The fraction of sp³-hybridized carbons (Fsp3) is 0.571. The second-order valence-corrected chi connectivity index (χ2v) is 6.68. The molecule has 3 rings (SSSR count). The Bertz CT molecular complexity index is 465. The van der Waals surface area contributed by atoms with Crippen molar-refractivity contribution in [1.29, 1.82) is 0 Å². The highest BCUT2D eigenvalue weighted by molar-refractivity contribution is 9.10. The van der Waals surface area contributed by atoms with Crippen molar-refractivity contribution >= 4 is 33.2 Å². The minimum atomic E-state index is 0.586. The van der Waals surface area contributed by atoms with Gasteiger partial charge < -0.3 is 10.1 Å². The van der Waals surface area contributed by atoms with Gasteiger partial charge in [-0.15, -0.1) is 0 Å². The van der Waals surface area contributed by atoms with E-state index in [0.29, 0.717) is 6.04 Å². The van der Waals surface area contributed by atoms with Gasteiger partial charge in [0.15, 0.2) is 5.75 Å². The number of hydrogen-bond acceptors (Lipinski definition) is 2. The molecule has 18 heavy (non-hydrogen) atoms. The van der Waals surface area contributed by atoms with Crippen LogP contribution in [0.3, 0.4) is 0 Å². The predicted octanol–water partition coefficient (Wildman–Crippen LogP) is 4.71. The average Bonchev–Trinajstić information content (AvgIpc) is 2.90. The smallest absolute Gasteiger partial charge is 0.156 e. The fourth-order valence-corrected chi connectivity index (χ4v) is 4.47. The summed E-state index contributed by atoms with van der Waals surface area (Å²) in [7, 11) is 1.69. The maximum atomic E-state index is 6.12. The van der Waals surface area contributed by atoms with Gasteiger partial charge in [0.05, 0.1) is 17.3 Å². The second kappa shape index (κ2) is 4.93. The van der Waals surface area contributed by atoms with Gasteiger partial charge in [0.1, 0.15) is 0 Å². The van der Waals surface area contributed by atoms with Crippen molar-refractivity contribution in [2.24, 2.45) is 11.8 Å². The van der Waals surface area contributed by atoms with Crippen LogP contribution in [0, 0.1) is 11.8 Å². The number of rotatable bonds is 3. The van der Waals surface area contributed by atoms with Crippen LogP contribution in [0.2, 0.25) is 5.02 Å². The largest absolute Gasteiger partial charge is 0.493 e. The van der Waals surface area contributed by atoms with E-state index in [9.17, 15) is 0 Å². The Balaban J connectivity index is 1.83. The van der Waals surface area contributed by atoms with Crippen LogP contribution in [0.25, 0.3) is 0 Å². The molecule has 2 aliphatic rings. The van der Waals surface area contributed by atoms with E-state index < -0.39 is 0 Å². The van der Waals surface area contributed by atoms with Crippen LogP contribution in [-0.2, 0) is 0 Å². The predicted molar refractivity (Wildman–Crippen MR) is 78.6 cm³/mol. The molecular weight excluding hydrogens is 314 g/mol. The number of fused-ring (bicyclic) bond motifs is 2. The summed E-state index contributed by atoms with van der Waals surface area (Å²) in [5, 5.41) is 4.36. The number of benzene rings is 1. The molecule has 0 spiro atoms. The third kappa shape index (κ3) is 2.23. The monoisotopic (exact) mass is 329 g/mol. The zero-order valence-electron chi connectivity index (χ0n) is 10.4. The van der Waals surface area contributed by atoms with Gasteiger partial charge in [-0.2, -0.15) is 0 Å². The lowest BCUT2D eigenvalue weighted by atomic mass is 9.95. The number of hydrogen-bond donors (Lipinski definition) is 1. The van der Waals surface area contributed by atoms with Crippen LogP contribution >= 0.6 is 27.5 Å². The molecule has 2 bridgehead atoms. The van der Waals surface area contributed by atoms with Crippen molar-refractivity contribution in [3.8, 4) is 5.75 Å². The van der Waals surface area contributed by atoms with E-state index in [2.05, 4.69) is 21.2 Å². The molecule has 0 aromatic heterocycles. The molecule has 2 nitrogen and oxygen atoms in total. The first-order valence-corrected chi connectivity index (χ1v) is 7.64. The molecule has 0 heterocycles. The summed E-state index contributed by atoms with van der Waals surface area (Å²) < 4.78 is 6.36. The van der Waals surface area contributed by atoms with Crippen molar-refractivity contribution in [3.05, 3.63) is 21.6 Å². The summed E-state index contributed by atoms with van der Waals surface area (Å²) in [6, 6.07) is 4.41. The topological polar surface area (TPSA) is 21.3 Å². The van der Waals surface area contributed by atoms with E-state index in [4.69, 9.17) is 16.3 Å². The van der Waals surface area contributed by atoms with Crippen LogP contribution < -0.4 is 10.1 Å². The summed E-state index contributed by atoms with van der Waals surface area (Å²) in [5.74, 6) is 2.61. The lowest BCUT2D eigenvalue weighted by Crippen LogP contribution is -2.26. The van der Waals surface area contributed by atoms with Crippen molar-refractivity contribution in [2.45, 2.75) is 31.7 Å².